The minimum atomic E-state index is 0. The molecule has 0 N–H and O–H groups in total. The average Bonchev–Trinajstić information content (AvgIpc) is 2.52. The quantitative estimate of drug-likeness (QED) is 0.426. The molecule has 127 valence electrons. The summed E-state index contributed by atoms with van der Waals surface area (Å²) in [4.78, 5) is 4.25. The van der Waals surface area contributed by atoms with E-state index in [2.05, 4.69) is 23.3 Å². The standard InChI is InChI=1S/C12H12N2.2C2H6.3CH3.Ru/c1-2-10-6-5-8-12(14-10)11-7-3-4-9-13-11;2*1-2;;;;/h3-10H,1-2H2;2*1-2H3;3*1H3;/q-2;;;3*-1;+5. The van der Waals surface area contributed by atoms with Crippen LogP contribution in [0.4, 0.5) is 0 Å². The van der Waals surface area contributed by atoms with Gasteiger partial charge in [-0.25, -0.2) is 0 Å². The van der Waals surface area contributed by atoms with Gasteiger partial charge in [-0.05, 0) is 12.1 Å². The van der Waals surface area contributed by atoms with Crippen LogP contribution < -0.4 is 0 Å². The van der Waals surface area contributed by atoms with Crippen LogP contribution in [0.5, 0.6) is 0 Å². The fraction of sp³-hybridized carbons (Fsp3) is 0.316. The van der Waals surface area contributed by atoms with Crippen molar-refractivity contribution < 1.29 is 19.5 Å². The van der Waals surface area contributed by atoms with Crippen molar-refractivity contribution in [1.82, 2.24) is 4.98 Å². The Hall–Kier alpha value is -0.947. The van der Waals surface area contributed by atoms with E-state index in [-0.39, 0.29) is 47.8 Å². The molecule has 0 bridgehead atoms. The molecule has 1 aliphatic rings. The van der Waals surface area contributed by atoms with Crippen molar-refractivity contribution in [2.75, 3.05) is 0 Å². The second-order valence-corrected chi connectivity index (χ2v) is 3.14. The molecule has 2 rings (SSSR count). The van der Waals surface area contributed by atoms with E-state index >= 15 is 0 Å². The Balaban J connectivity index is -0.000000112. The first-order chi connectivity index (χ1) is 8.90. The van der Waals surface area contributed by atoms with Crippen LogP contribution in [0.1, 0.15) is 39.8 Å². The Morgan fingerprint density at radius 1 is 1.09 bits per heavy atom. The van der Waals surface area contributed by atoms with Crippen LogP contribution in [-0.2, 0) is 19.5 Å². The van der Waals surface area contributed by atoms with Crippen molar-refractivity contribution >= 4 is 5.70 Å². The number of allylic oxidation sites excluding steroid dienone is 2. The Morgan fingerprint density at radius 2 is 1.68 bits per heavy atom. The Labute approximate surface area is 153 Å². The topological polar surface area (TPSA) is 27.0 Å². The van der Waals surface area contributed by atoms with Gasteiger partial charge >= 0.3 is 19.5 Å². The minimum absolute atomic E-state index is 0. The molecule has 0 aliphatic carbocycles. The van der Waals surface area contributed by atoms with Gasteiger partial charge in [-0.3, -0.25) is 4.98 Å². The molecule has 1 aromatic rings. The molecule has 0 saturated carbocycles. The van der Waals surface area contributed by atoms with Crippen LogP contribution in [0.2, 0.25) is 0 Å². The zero-order chi connectivity index (χ0) is 13.8. The van der Waals surface area contributed by atoms with Gasteiger partial charge in [0.2, 0.25) is 0 Å². The van der Waals surface area contributed by atoms with Crippen LogP contribution in [0.3, 0.4) is 0 Å². The molecule has 0 amide bonds. The van der Waals surface area contributed by atoms with Crippen molar-refractivity contribution in [1.29, 1.82) is 0 Å². The normalized spacial score (nSPS) is 13.3. The van der Waals surface area contributed by atoms with Crippen LogP contribution in [0, 0.1) is 29.2 Å². The van der Waals surface area contributed by atoms with Crippen LogP contribution in [0.15, 0.2) is 42.6 Å². The smallest absolute Gasteiger partial charge is 0.679 e. The van der Waals surface area contributed by atoms with E-state index in [0.717, 1.165) is 17.8 Å². The van der Waals surface area contributed by atoms with E-state index in [9.17, 15) is 0 Å². The van der Waals surface area contributed by atoms with E-state index in [1.54, 1.807) is 6.20 Å². The van der Waals surface area contributed by atoms with Crippen molar-refractivity contribution in [2.24, 2.45) is 0 Å². The zero-order valence-corrected chi connectivity index (χ0v) is 17.0. The fourth-order valence-electron chi connectivity index (χ4n) is 1.37. The average molecular weight is 391 g/mol. The van der Waals surface area contributed by atoms with Crippen LogP contribution in [-0.4, -0.2) is 11.0 Å². The Kier molecular flexibility index (Phi) is 33.4. The molecule has 2 nitrogen and oxygen atoms in total. The van der Waals surface area contributed by atoms with Gasteiger partial charge in [0, 0.05) is 11.9 Å². The molecule has 0 aromatic carbocycles. The third kappa shape index (κ3) is 11.7. The molecular weight excluding hydrogens is 357 g/mol. The van der Waals surface area contributed by atoms with Gasteiger partial charge in [0.1, 0.15) is 0 Å². The molecule has 2 heterocycles. The van der Waals surface area contributed by atoms with Gasteiger partial charge < -0.3 is 34.5 Å². The summed E-state index contributed by atoms with van der Waals surface area (Å²) in [7, 11) is 0. The molecule has 0 spiro atoms. The van der Waals surface area contributed by atoms with Gasteiger partial charge in [0.05, 0.1) is 0 Å². The number of rotatable bonds is 2. The van der Waals surface area contributed by atoms with Crippen molar-refractivity contribution in [2.45, 2.75) is 40.2 Å². The molecule has 22 heavy (non-hydrogen) atoms. The summed E-state index contributed by atoms with van der Waals surface area (Å²) in [6.45, 7) is 11.8. The molecule has 1 aliphatic heterocycles. The van der Waals surface area contributed by atoms with Gasteiger partial charge in [-0.1, -0.05) is 45.9 Å². The molecule has 0 fully saturated rings. The maximum Gasteiger partial charge on any atom is 5.00 e. The predicted molar refractivity (Wildman–Crippen MR) is 100 cm³/mol. The number of hydrogen-bond acceptors (Lipinski definition) is 1. The van der Waals surface area contributed by atoms with Crippen molar-refractivity contribution in [3.05, 3.63) is 82.8 Å². The van der Waals surface area contributed by atoms with Gasteiger partial charge in [0.15, 0.2) is 0 Å². The van der Waals surface area contributed by atoms with E-state index in [1.165, 1.54) is 0 Å². The zero-order valence-electron chi connectivity index (χ0n) is 15.3. The molecule has 1 atom stereocenters. The predicted octanol–water partition coefficient (Wildman–Crippen LogP) is 6.36. The molecule has 0 saturated heterocycles. The number of nitrogens with zero attached hydrogens (tertiary/aromatic N) is 2. The first kappa shape index (κ1) is 32.9. The minimum Gasteiger partial charge on any atom is -0.679 e. The molecule has 3 heteroatoms. The van der Waals surface area contributed by atoms with Crippen LogP contribution >= 0.6 is 0 Å². The number of pyridine rings is 1. The Morgan fingerprint density at radius 3 is 2.14 bits per heavy atom. The summed E-state index contributed by atoms with van der Waals surface area (Å²) < 4.78 is 0. The molecular formula is C19H33N2Ru. The summed E-state index contributed by atoms with van der Waals surface area (Å²) in [5.41, 5.74) is 1.87. The summed E-state index contributed by atoms with van der Waals surface area (Å²) in [5, 5.41) is 4.52. The van der Waals surface area contributed by atoms with Gasteiger partial charge in [0.25, 0.3) is 0 Å². The molecule has 1 aromatic heterocycles. The number of aromatic nitrogens is 1. The monoisotopic (exact) mass is 391 g/mol. The first-order valence-electron chi connectivity index (χ1n) is 6.70. The van der Waals surface area contributed by atoms with Crippen molar-refractivity contribution in [3.63, 3.8) is 0 Å². The fourth-order valence-corrected chi connectivity index (χ4v) is 1.37. The molecule has 1 unspecified atom stereocenters. The molecule has 1 radical (unpaired) electrons. The first-order valence-corrected chi connectivity index (χ1v) is 6.70. The Bertz CT molecular complexity index is 359. The number of hydrogen-bond donors (Lipinski definition) is 0. The van der Waals surface area contributed by atoms with Gasteiger partial charge in [-0.2, -0.15) is 6.42 Å². The third-order valence-corrected chi connectivity index (χ3v) is 2.12. The largest absolute Gasteiger partial charge is 5.00 e. The third-order valence-electron chi connectivity index (χ3n) is 2.12. The van der Waals surface area contributed by atoms with E-state index in [0.29, 0.717) is 0 Å². The van der Waals surface area contributed by atoms with E-state index < -0.39 is 0 Å². The SMILES string of the molecule is CC.CC.[CH2-]CC1C=CC=C(c2ccccn2)[N-]1.[CH3-].[CH3-].[CH3-].[Ru+5]. The maximum absolute atomic E-state index is 4.52. The van der Waals surface area contributed by atoms with Crippen LogP contribution in [0.25, 0.3) is 11.0 Å². The summed E-state index contributed by atoms with van der Waals surface area (Å²) in [6.07, 6.45) is 8.63. The second kappa shape index (κ2) is 22.3. The van der Waals surface area contributed by atoms with E-state index in [4.69, 9.17) is 0 Å². The van der Waals surface area contributed by atoms with Gasteiger partial charge in [-0.15, -0.1) is 17.8 Å². The second-order valence-electron chi connectivity index (χ2n) is 3.14. The maximum atomic E-state index is 4.52. The van der Waals surface area contributed by atoms with E-state index in [1.807, 2.05) is 58.0 Å². The summed E-state index contributed by atoms with van der Waals surface area (Å²) in [6, 6.07) is 6.05. The summed E-state index contributed by atoms with van der Waals surface area (Å²) >= 11 is 0. The summed E-state index contributed by atoms with van der Waals surface area (Å²) in [5.74, 6) is 0. The van der Waals surface area contributed by atoms with Crippen molar-refractivity contribution in [3.8, 4) is 0 Å².